The second-order valence-corrected chi connectivity index (χ2v) is 6.39. The molecular formula is C18H11N7S. The Bertz CT molecular complexity index is 1170. The van der Waals surface area contributed by atoms with Crippen molar-refractivity contribution in [1.82, 2.24) is 34.9 Å². The third-order valence-corrected chi connectivity index (χ3v) is 4.66. The highest BCUT2D eigenvalue weighted by molar-refractivity contribution is 7.13. The van der Waals surface area contributed by atoms with E-state index in [4.69, 9.17) is 4.98 Å². The minimum Gasteiger partial charge on any atom is -0.333 e. The molecule has 0 unspecified atom stereocenters. The third kappa shape index (κ3) is 2.52. The molecule has 124 valence electrons. The predicted molar refractivity (Wildman–Crippen MR) is 99.3 cm³/mol. The highest BCUT2D eigenvalue weighted by Crippen LogP contribution is 2.31. The quantitative estimate of drug-likeness (QED) is 0.530. The van der Waals surface area contributed by atoms with Crippen LogP contribution < -0.4 is 0 Å². The summed E-state index contributed by atoms with van der Waals surface area (Å²) in [4.78, 5) is 31.1. The molecule has 0 aromatic carbocycles. The molecule has 0 aliphatic rings. The summed E-state index contributed by atoms with van der Waals surface area (Å²) in [5.74, 6) is 1.56. The van der Waals surface area contributed by atoms with Crippen molar-refractivity contribution in [2.75, 3.05) is 0 Å². The van der Waals surface area contributed by atoms with Gasteiger partial charge in [-0.2, -0.15) is 0 Å². The number of aromatic nitrogens is 7. The van der Waals surface area contributed by atoms with Gasteiger partial charge in [0.05, 0.1) is 4.88 Å². The maximum Gasteiger partial charge on any atom is 0.200 e. The van der Waals surface area contributed by atoms with Gasteiger partial charge < -0.3 is 4.98 Å². The SMILES string of the molecule is c1ccc(-c2nc3nc(-c4ncccn4)nc(-c4cccs4)c3[nH]2)nc1. The monoisotopic (exact) mass is 357 g/mol. The molecule has 7 nitrogen and oxygen atoms in total. The van der Waals surface area contributed by atoms with E-state index in [1.54, 1.807) is 36.0 Å². The first-order valence-corrected chi connectivity index (χ1v) is 8.77. The van der Waals surface area contributed by atoms with Crippen LogP contribution in [0.1, 0.15) is 0 Å². The molecule has 1 N–H and O–H groups in total. The van der Waals surface area contributed by atoms with E-state index < -0.39 is 0 Å². The lowest BCUT2D eigenvalue weighted by molar-refractivity contribution is 1.10. The summed E-state index contributed by atoms with van der Waals surface area (Å²) in [5, 5.41) is 2.01. The molecule has 5 heterocycles. The fraction of sp³-hybridized carbons (Fsp3) is 0. The molecule has 0 radical (unpaired) electrons. The molecule has 26 heavy (non-hydrogen) atoms. The predicted octanol–water partition coefficient (Wildman–Crippen LogP) is 3.60. The lowest BCUT2D eigenvalue weighted by atomic mass is 10.3. The van der Waals surface area contributed by atoms with Crippen molar-refractivity contribution < 1.29 is 0 Å². The second-order valence-electron chi connectivity index (χ2n) is 5.44. The second kappa shape index (κ2) is 6.08. The summed E-state index contributed by atoms with van der Waals surface area (Å²) in [7, 11) is 0. The third-order valence-electron chi connectivity index (χ3n) is 3.78. The Hall–Kier alpha value is -3.52. The van der Waals surface area contributed by atoms with Crippen molar-refractivity contribution in [3.8, 4) is 33.7 Å². The number of imidazole rings is 1. The van der Waals surface area contributed by atoms with Gasteiger partial charge >= 0.3 is 0 Å². The summed E-state index contributed by atoms with van der Waals surface area (Å²) in [6.07, 6.45) is 5.08. The lowest BCUT2D eigenvalue weighted by Gasteiger charge is -2.02. The van der Waals surface area contributed by atoms with E-state index in [1.807, 2.05) is 35.7 Å². The Morgan fingerprint density at radius 1 is 0.769 bits per heavy atom. The van der Waals surface area contributed by atoms with Crippen molar-refractivity contribution in [3.05, 3.63) is 60.4 Å². The van der Waals surface area contributed by atoms with E-state index in [1.165, 1.54) is 0 Å². The minimum atomic E-state index is 0.445. The summed E-state index contributed by atoms with van der Waals surface area (Å²) >= 11 is 1.61. The zero-order chi connectivity index (χ0) is 17.3. The average Bonchev–Trinajstić information content (AvgIpc) is 3.38. The normalized spacial score (nSPS) is 11.1. The van der Waals surface area contributed by atoms with Gasteiger partial charge in [-0.15, -0.1) is 11.3 Å². The van der Waals surface area contributed by atoms with Gasteiger partial charge in [0, 0.05) is 18.6 Å². The van der Waals surface area contributed by atoms with Crippen LogP contribution in [0.4, 0.5) is 0 Å². The summed E-state index contributed by atoms with van der Waals surface area (Å²) in [5.41, 5.74) is 2.86. The number of thiophene rings is 1. The van der Waals surface area contributed by atoms with Crippen molar-refractivity contribution in [2.45, 2.75) is 0 Å². The van der Waals surface area contributed by atoms with Crippen LogP contribution >= 0.6 is 11.3 Å². The standard InChI is InChI=1S/C18H11N7S/c1-2-7-19-11(5-1)15-23-14-13(12-6-3-10-26-12)22-18(25-16(14)24-15)17-20-8-4-9-21-17/h1-10H,(H,22,23,24,25). The number of nitrogens with zero attached hydrogens (tertiary/aromatic N) is 6. The number of fused-ring (bicyclic) bond motifs is 1. The zero-order valence-electron chi connectivity index (χ0n) is 13.4. The van der Waals surface area contributed by atoms with Crippen LogP contribution in [-0.2, 0) is 0 Å². The number of nitrogens with one attached hydrogen (secondary N) is 1. The van der Waals surface area contributed by atoms with Crippen LogP contribution in [0.5, 0.6) is 0 Å². The summed E-state index contributed by atoms with van der Waals surface area (Å²) < 4.78 is 0. The molecule has 0 saturated heterocycles. The molecule has 0 fully saturated rings. The topological polar surface area (TPSA) is 93.1 Å². The highest BCUT2D eigenvalue weighted by Gasteiger charge is 2.17. The zero-order valence-corrected chi connectivity index (χ0v) is 14.2. The van der Waals surface area contributed by atoms with Gasteiger partial charge in [-0.25, -0.2) is 24.9 Å². The van der Waals surface area contributed by atoms with Gasteiger partial charge in [-0.1, -0.05) is 12.1 Å². The first-order chi connectivity index (χ1) is 12.9. The van der Waals surface area contributed by atoms with E-state index in [0.29, 0.717) is 23.1 Å². The van der Waals surface area contributed by atoms with Crippen LogP contribution in [0.25, 0.3) is 44.9 Å². The molecule has 8 heteroatoms. The molecule has 0 spiro atoms. The smallest absolute Gasteiger partial charge is 0.200 e. The molecule has 5 aromatic rings. The Kier molecular flexibility index (Phi) is 3.46. The number of rotatable bonds is 3. The largest absolute Gasteiger partial charge is 0.333 e. The number of hydrogen-bond donors (Lipinski definition) is 1. The molecule has 5 aromatic heterocycles. The Labute approximate surface area is 151 Å². The fourth-order valence-corrected chi connectivity index (χ4v) is 3.35. The van der Waals surface area contributed by atoms with Gasteiger partial charge in [-0.3, -0.25) is 4.98 Å². The van der Waals surface area contributed by atoms with Crippen LogP contribution in [0.2, 0.25) is 0 Å². The van der Waals surface area contributed by atoms with Crippen molar-refractivity contribution in [3.63, 3.8) is 0 Å². The van der Waals surface area contributed by atoms with Crippen LogP contribution in [0.3, 0.4) is 0 Å². The molecule has 0 bridgehead atoms. The van der Waals surface area contributed by atoms with Gasteiger partial charge in [0.25, 0.3) is 0 Å². The molecular weight excluding hydrogens is 346 g/mol. The fourth-order valence-electron chi connectivity index (χ4n) is 2.63. The molecule has 0 amide bonds. The Morgan fingerprint density at radius 2 is 1.65 bits per heavy atom. The summed E-state index contributed by atoms with van der Waals surface area (Å²) in [6, 6.07) is 11.5. The van der Waals surface area contributed by atoms with Crippen LogP contribution in [0.15, 0.2) is 60.4 Å². The average molecular weight is 357 g/mol. The number of H-pyrrole nitrogens is 1. The highest BCUT2D eigenvalue weighted by atomic mass is 32.1. The maximum absolute atomic E-state index is 4.70. The molecule has 0 aliphatic heterocycles. The van der Waals surface area contributed by atoms with E-state index in [9.17, 15) is 0 Å². The number of pyridine rings is 1. The molecule has 0 saturated carbocycles. The lowest BCUT2D eigenvalue weighted by Crippen LogP contribution is -1.97. The Balaban J connectivity index is 1.77. The first kappa shape index (κ1) is 14.8. The summed E-state index contributed by atoms with van der Waals surface area (Å²) in [6.45, 7) is 0. The van der Waals surface area contributed by atoms with Crippen molar-refractivity contribution in [1.29, 1.82) is 0 Å². The van der Waals surface area contributed by atoms with E-state index in [-0.39, 0.29) is 0 Å². The molecule has 0 aliphatic carbocycles. The van der Waals surface area contributed by atoms with E-state index in [2.05, 4.69) is 29.9 Å². The Morgan fingerprint density at radius 3 is 2.42 bits per heavy atom. The minimum absolute atomic E-state index is 0.445. The van der Waals surface area contributed by atoms with Gasteiger partial charge in [0.2, 0.25) is 5.82 Å². The molecule has 5 rings (SSSR count). The van der Waals surface area contributed by atoms with Crippen LogP contribution in [-0.4, -0.2) is 34.9 Å². The first-order valence-electron chi connectivity index (χ1n) is 7.89. The van der Waals surface area contributed by atoms with Crippen molar-refractivity contribution >= 4 is 22.5 Å². The van der Waals surface area contributed by atoms with E-state index >= 15 is 0 Å². The van der Waals surface area contributed by atoms with Gasteiger partial charge in [-0.05, 0) is 29.6 Å². The van der Waals surface area contributed by atoms with Gasteiger partial charge in [0.1, 0.15) is 16.9 Å². The van der Waals surface area contributed by atoms with E-state index in [0.717, 1.165) is 21.8 Å². The van der Waals surface area contributed by atoms with Crippen LogP contribution in [0, 0.1) is 0 Å². The maximum atomic E-state index is 4.70. The molecule has 0 atom stereocenters. The number of aromatic amines is 1. The number of hydrogen-bond acceptors (Lipinski definition) is 7. The van der Waals surface area contributed by atoms with Gasteiger partial charge in [0.15, 0.2) is 17.3 Å². The van der Waals surface area contributed by atoms with Crippen molar-refractivity contribution in [2.24, 2.45) is 0 Å².